The number of nitrogens with one attached hydrogen (secondary N) is 1. The summed E-state index contributed by atoms with van der Waals surface area (Å²) in [7, 11) is 1.88. The molecule has 2 rings (SSSR count). The highest BCUT2D eigenvalue weighted by molar-refractivity contribution is 6.30. The van der Waals surface area contributed by atoms with Crippen molar-refractivity contribution in [3.8, 4) is 0 Å². The molecule has 7 heteroatoms. The maximum Gasteiger partial charge on any atom is 0.222 e. The summed E-state index contributed by atoms with van der Waals surface area (Å²) in [6, 6.07) is 0. The van der Waals surface area contributed by atoms with Crippen LogP contribution in [0.2, 0.25) is 5.02 Å². The van der Waals surface area contributed by atoms with Gasteiger partial charge in [0.15, 0.2) is 0 Å². The molecule has 6 nitrogen and oxygen atoms in total. The molecule has 0 fully saturated rings. The van der Waals surface area contributed by atoms with Crippen molar-refractivity contribution in [2.24, 2.45) is 7.05 Å². The van der Waals surface area contributed by atoms with E-state index >= 15 is 0 Å². The van der Waals surface area contributed by atoms with E-state index in [1.165, 1.54) is 0 Å². The summed E-state index contributed by atoms with van der Waals surface area (Å²) in [5.41, 5.74) is 2.08. The minimum absolute atomic E-state index is 0.0186. The van der Waals surface area contributed by atoms with E-state index in [9.17, 15) is 4.79 Å². The van der Waals surface area contributed by atoms with E-state index in [1.807, 2.05) is 14.0 Å². The van der Waals surface area contributed by atoms with E-state index < -0.39 is 0 Å². The second kappa shape index (κ2) is 5.88. The molecule has 0 aliphatic rings. The molecule has 0 unspecified atom stereocenters. The summed E-state index contributed by atoms with van der Waals surface area (Å²) in [5, 5.41) is 11.6. The number of nitrogens with zero attached hydrogens (tertiary/aromatic N) is 4. The Hall–Kier alpha value is -1.82. The molecule has 0 spiro atoms. The van der Waals surface area contributed by atoms with Crippen LogP contribution >= 0.6 is 11.6 Å². The molecule has 1 N–H and O–H groups in total. The van der Waals surface area contributed by atoms with Crippen molar-refractivity contribution in [3.05, 3.63) is 34.9 Å². The fraction of sp³-hybridized carbons (Fsp3) is 0.417. The van der Waals surface area contributed by atoms with Crippen LogP contribution in [0.25, 0.3) is 0 Å². The molecule has 2 aromatic heterocycles. The van der Waals surface area contributed by atoms with Gasteiger partial charge < -0.3 is 5.32 Å². The molecule has 0 aliphatic heterocycles. The van der Waals surface area contributed by atoms with E-state index in [1.54, 1.807) is 28.0 Å². The zero-order chi connectivity index (χ0) is 13.8. The summed E-state index contributed by atoms with van der Waals surface area (Å²) >= 11 is 5.74. The second-order valence-corrected chi connectivity index (χ2v) is 4.76. The first-order valence-corrected chi connectivity index (χ1v) is 6.36. The molecule has 0 saturated carbocycles. The van der Waals surface area contributed by atoms with E-state index in [0.717, 1.165) is 11.3 Å². The number of carbonyl (C=O) groups is 1. The third-order valence-corrected chi connectivity index (χ3v) is 3.18. The van der Waals surface area contributed by atoms with Crippen molar-refractivity contribution in [2.75, 3.05) is 0 Å². The van der Waals surface area contributed by atoms with Crippen molar-refractivity contribution in [1.82, 2.24) is 24.9 Å². The molecule has 0 saturated heterocycles. The highest BCUT2D eigenvalue weighted by atomic mass is 35.5. The summed E-state index contributed by atoms with van der Waals surface area (Å²) in [6.45, 7) is 2.99. The van der Waals surface area contributed by atoms with Gasteiger partial charge in [-0.3, -0.25) is 14.2 Å². The Morgan fingerprint density at radius 1 is 1.42 bits per heavy atom. The highest BCUT2D eigenvalue weighted by Crippen LogP contribution is 2.06. The number of hydrogen-bond donors (Lipinski definition) is 1. The van der Waals surface area contributed by atoms with Gasteiger partial charge in [-0.15, -0.1) is 0 Å². The minimum atomic E-state index is -0.0186. The quantitative estimate of drug-likeness (QED) is 0.898. The van der Waals surface area contributed by atoms with Crippen LogP contribution in [-0.4, -0.2) is 25.5 Å². The van der Waals surface area contributed by atoms with Crippen molar-refractivity contribution in [2.45, 2.75) is 26.4 Å². The lowest BCUT2D eigenvalue weighted by atomic mass is 10.2. The van der Waals surface area contributed by atoms with Gasteiger partial charge in [0.25, 0.3) is 0 Å². The molecule has 19 heavy (non-hydrogen) atoms. The Labute approximate surface area is 116 Å². The zero-order valence-electron chi connectivity index (χ0n) is 10.9. The molecule has 102 valence electrons. The number of halogens is 1. The first-order chi connectivity index (χ1) is 9.06. The van der Waals surface area contributed by atoms with Crippen molar-refractivity contribution in [3.63, 3.8) is 0 Å². The summed E-state index contributed by atoms with van der Waals surface area (Å²) < 4.78 is 3.43. The van der Waals surface area contributed by atoms with Gasteiger partial charge in [-0.2, -0.15) is 10.2 Å². The maximum atomic E-state index is 11.7. The Bertz CT molecular complexity index is 574. The van der Waals surface area contributed by atoms with E-state index in [2.05, 4.69) is 15.5 Å². The Balaban J connectivity index is 1.77. The third kappa shape index (κ3) is 3.57. The predicted molar refractivity (Wildman–Crippen MR) is 71.6 cm³/mol. The van der Waals surface area contributed by atoms with Crippen molar-refractivity contribution < 1.29 is 4.79 Å². The van der Waals surface area contributed by atoms with Crippen LogP contribution < -0.4 is 5.32 Å². The summed E-state index contributed by atoms with van der Waals surface area (Å²) in [5.74, 6) is -0.0186. The fourth-order valence-corrected chi connectivity index (χ4v) is 1.83. The lowest BCUT2D eigenvalue weighted by Crippen LogP contribution is -2.24. The molecule has 0 atom stereocenters. The predicted octanol–water partition coefficient (Wildman–Crippen LogP) is 1.28. The smallest absolute Gasteiger partial charge is 0.222 e. The van der Waals surface area contributed by atoms with Gasteiger partial charge in [0.05, 0.1) is 17.4 Å². The zero-order valence-corrected chi connectivity index (χ0v) is 11.7. The highest BCUT2D eigenvalue weighted by Gasteiger charge is 2.06. The Morgan fingerprint density at radius 3 is 2.79 bits per heavy atom. The van der Waals surface area contributed by atoms with Gasteiger partial charge in [0, 0.05) is 44.0 Å². The molecule has 0 aromatic carbocycles. The van der Waals surface area contributed by atoms with Crippen molar-refractivity contribution >= 4 is 17.5 Å². The van der Waals surface area contributed by atoms with Crippen LogP contribution in [0.5, 0.6) is 0 Å². The molecule has 0 bridgehead atoms. The third-order valence-electron chi connectivity index (χ3n) is 2.98. The van der Waals surface area contributed by atoms with Gasteiger partial charge >= 0.3 is 0 Å². The number of hydrogen-bond acceptors (Lipinski definition) is 3. The first-order valence-electron chi connectivity index (χ1n) is 5.98. The second-order valence-electron chi connectivity index (χ2n) is 4.33. The van der Waals surface area contributed by atoms with Crippen LogP contribution in [0, 0.1) is 6.92 Å². The van der Waals surface area contributed by atoms with Gasteiger partial charge in [-0.1, -0.05) is 11.6 Å². The average Bonchev–Trinajstić information content (AvgIpc) is 2.93. The number of aryl methyl sites for hydroxylation is 2. The van der Waals surface area contributed by atoms with E-state index in [4.69, 9.17) is 11.6 Å². The number of aromatic nitrogens is 4. The molecule has 0 radical (unpaired) electrons. The van der Waals surface area contributed by atoms with E-state index in [0.29, 0.717) is 24.5 Å². The number of carbonyl (C=O) groups excluding carboxylic acids is 1. The fourth-order valence-electron chi connectivity index (χ4n) is 1.68. The molecule has 2 heterocycles. The number of amides is 1. The Kier molecular flexibility index (Phi) is 4.21. The van der Waals surface area contributed by atoms with Gasteiger partial charge in [0.2, 0.25) is 5.91 Å². The van der Waals surface area contributed by atoms with Gasteiger partial charge in [0.1, 0.15) is 0 Å². The summed E-state index contributed by atoms with van der Waals surface area (Å²) in [4.78, 5) is 11.7. The summed E-state index contributed by atoms with van der Waals surface area (Å²) in [6.07, 6.45) is 5.39. The van der Waals surface area contributed by atoms with Crippen LogP contribution in [0.4, 0.5) is 0 Å². The molecule has 2 aromatic rings. The normalized spacial score (nSPS) is 10.7. The SMILES string of the molecule is Cc1c(CNC(=O)CCn2cc(Cl)cn2)cnn1C. The largest absolute Gasteiger partial charge is 0.352 e. The number of rotatable bonds is 5. The van der Waals surface area contributed by atoms with Gasteiger partial charge in [-0.05, 0) is 6.92 Å². The molecular weight excluding hydrogens is 266 g/mol. The Morgan fingerprint density at radius 2 is 2.21 bits per heavy atom. The van der Waals surface area contributed by atoms with Gasteiger partial charge in [-0.25, -0.2) is 0 Å². The van der Waals surface area contributed by atoms with Crippen molar-refractivity contribution in [1.29, 1.82) is 0 Å². The first kappa shape index (κ1) is 13.6. The monoisotopic (exact) mass is 281 g/mol. The van der Waals surface area contributed by atoms with Crippen LogP contribution in [0.1, 0.15) is 17.7 Å². The van der Waals surface area contributed by atoms with Crippen LogP contribution in [0.3, 0.4) is 0 Å². The topological polar surface area (TPSA) is 64.7 Å². The standard InChI is InChI=1S/C12H16ClN5O/c1-9-10(6-15-17(9)2)5-14-12(19)3-4-18-8-11(13)7-16-18/h6-8H,3-5H2,1-2H3,(H,14,19). The van der Waals surface area contributed by atoms with Crippen LogP contribution in [0.15, 0.2) is 18.6 Å². The molecular formula is C12H16ClN5O. The molecule has 0 aliphatic carbocycles. The van der Waals surface area contributed by atoms with Crippen LogP contribution in [-0.2, 0) is 24.9 Å². The lowest BCUT2D eigenvalue weighted by Gasteiger charge is -2.05. The minimum Gasteiger partial charge on any atom is -0.352 e. The molecule has 1 amide bonds. The lowest BCUT2D eigenvalue weighted by molar-refractivity contribution is -0.121. The average molecular weight is 282 g/mol. The van der Waals surface area contributed by atoms with E-state index in [-0.39, 0.29) is 5.91 Å². The maximum absolute atomic E-state index is 11.7.